The van der Waals surface area contributed by atoms with E-state index in [0.29, 0.717) is 28.3 Å². The molecule has 2 rings (SSSR count). The number of hydrogen-bond acceptors (Lipinski definition) is 6. The zero-order valence-electron chi connectivity index (χ0n) is 17.6. The summed E-state index contributed by atoms with van der Waals surface area (Å²) < 4.78 is 36.0. The van der Waals surface area contributed by atoms with Crippen LogP contribution in [-0.4, -0.2) is 46.3 Å². The fourth-order valence-electron chi connectivity index (χ4n) is 2.98. The molecule has 2 aromatic carbocycles. The van der Waals surface area contributed by atoms with Crippen LogP contribution in [0.15, 0.2) is 42.5 Å². The lowest BCUT2D eigenvalue weighted by Crippen LogP contribution is -2.45. The van der Waals surface area contributed by atoms with E-state index < -0.39 is 27.9 Å². The lowest BCUT2D eigenvalue weighted by Gasteiger charge is -2.28. The Kier molecular flexibility index (Phi) is 7.44. The molecular formula is C21H26N2O6S. The van der Waals surface area contributed by atoms with Crippen molar-refractivity contribution in [1.82, 2.24) is 0 Å². The van der Waals surface area contributed by atoms with Crippen molar-refractivity contribution in [3.63, 3.8) is 0 Å². The number of anilines is 2. The van der Waals surface area contributed by atoms with Crippen LogP contribution in [-0.2, 0) is 19.6 Å². The normalized spacial score (nSPS) is 12.0. The molecule has 0 aromatic heterocycles. The van der Waals surface area contributed by atoms with Gasteiger partial charge in [-0.3, -0.25) is 9.10 Å². The van der Waals surface area contributed by atoms with Crippen LogP contribution in [0.5, 0.6) is 5.75 Å². The molecule has 0 spiro atoms. The SMILES string of the molecule is CCOC(=O)c1cccc(NC(=O)C(C)N(c2ccc(OC)cc2)S(C)(=O)=O)c1C. The van der Waals surface area contributed by atoms with Gasteiger partial charge in [0.25, 0.3) is 0 Å². The number of carbonyl (C=O) groups is 2. The van der Waals surface area contributed by atoms with Crippen molar-refractivity contribution in [2.24, 2.45) is 0 Å². The van der Waals surface area contributed by atoms with Crippen LogP contribution in [0.4, 0.5) is 11.4 Å². The zero-order valence-corrected chi connectivity index (χ0v) is 18.4. The molecule has 9 heteroatoms. The van der Waals surface area contributed by atoms with Crippen molar-refractivity contribution in [2.75, 3.05) is 29.6 Å². The van der Waals surface area contributed by atoms with E-state index in [1.54, 1.807) is 56.3 Å². The lowest BCUT2D eigenvalue weighted by atomic mass is 10.1. The maximum absolute atomic E-state index is 12.9. The number of carbonyl (C=O) groups excluding carboxylic acids is 2. The molecule has 0 saturated carbocycles. The van der Waals surface area contributed by atoms with Gasteiger partial charge < -0.3 is 14.8 Å². The predicted octanol–water partition coefficient (Wildman–Crippen LogP) is 2.97. The zero-order chi connectivity index (χ0) is 22.5. The topological polar surface area (TPSA) is 102 Å². The van der Waals surface area contributed by atoms with Gasteiger partial charge in [0, 0.05) is 5.69 Å². The summed E-state index contributed by atoms with van der Waals surface area (Å²) in [6, 6.07) is 10.2. The third kappa shape index (κ3) is 5.29. The van der Waals surface area contributed by atoms with Crippen LogP contribution >= 0.6 is 0 Å². The van der Waals surface area contributed by atoms with Gasteiger partial charge in [-0.25, -0.2) is 13.2 Å². The highest BCUT2D eigenvalue weighted by atomic mass is 32.2. The molecular weight excluding hydrogens is 408 g/mol. The molecule has 1 unspecified atom stereocenters. The van der Waals surface area contributed by atoms with Gasteiger partial charge >= 0.3 is 5.97 Å². The maximum Gasteiger partial charge on any atom is 0.338 e. The Balaban J connectivity index is 2.32. The quantitative estimate of drug-likeness (QED) is 0.641. The highest BCUT2D eigenvalue weighted by Gasteiger charge is 2.29. The molecule has 8 nitrogen and oxygen atoms in total. The first-order chi connectivity index (χ1) is 14.1. The highest BCUT2D eigenvalue weighted by Crippen LogP contribution is 2.25. The van der Waals surface area contributed by atoms with Crippen molar-refractivity contribution in [3.05, 3.63) is 53.6 Å². The van der Waals surface area contributed by atoms with E-state index in [2.05, 4.69) is 5.32 Å². The number of hydrogen-bond donors (Lipinski definition) is 1. The minimum absolute atomic E-state index is 0.233. The van der Waals surface area contributed by atoms with Crippen LogP contribution in [0.1, 0.15) is 29.8 Å². The van der Waals surface area contributed by atoms with Crippen molar-refractivity contribution in [2.45, 2.75) is 26.8 Å². The Labute approximate surface area is 176 Å². The molecule has 30 heavy (non-hydrogen) atoms. The van der Waals surface area contributed by atoms with Gasteiger partial charge in [-0.1, -0.05) is 6.07 Å². The summed E-state index contributed by atoms with van der Waals surface area (Å²) in [6.45, 7) is 5.12. The number of benzene rings is 2. The Bertz CT molecular complexity index is 1020. The van der Waals surface area contributed by atoms with Crippen molar-refractivity contribution in [3.8, 4) is 5.75 Å². The third-order valence-electron chi connectivity index (χ3n) is 4.50. The van der Waals surface area contributed by atoms with Crippen LogP contribution in [0.25, 0.3) is 0 Å². The van der Waals surface area contributed by atoms with Crippen LogP contribution < -0.4 is 14.4 Å². The molecule has 1 atom stereocenters. The molecule has 0 aliphatic rings. The van der Waals surface area contributed by atoms with E-state index in [1.807, 2.05) is 0 Å². The minimum Gasteiger partial charge on any atom is -0.497 e. The summed E-state index contributed by atoms with van der Waals surface area (Å²) in [7, 11) is -2.25. The maximum atomic E-state index is 12.9. The fraction of sp³-hybridized carbons (Fsp3) is 0.333. The number of esters is 1. The number of ether oxygens (including phenoxy) is 2. The molecule has 0 bridgehead atoms. The summed E-state index contributed by atoms with van der Waals surface area (Å²) in [4.78, 5) is 25.0. The standard InChI is InChI=1S/C21H26N2O6S/c1-6-29-21(25)18-8-7-9-19(14(18)2)22-20(24)15(3)23(30(5,26)27)16-10-12-17(28-4)13-11-16/h7-13,15H,6H2,1-5H3,(H,22,24). The van der Waals surface area contributed by atoms with Gasteiger partial charge in [-0.15, -0.1) is 0 Å². The van der Waals surface area contributed by atoms with Gasteiger partial charge in [0.05, 0.1) is 31.2 Å². The third-order valence-corrected chi connectivity index (χ3v) is 5.74. The summed E-state index contributed by atoms with van der Waals surface area (Å²) >= 11 is 0. The summed E-state index contributed by atoms with van der Waals surface area (Å²) in [5.74, 6) is -0.466. The van der Waals surface area contributed by atoms with E-state index in [0.717, 1.165) is 10.6 Å². The molecule has 0 heterocycles. The lowest BCUT2D eigenvalue weighted by molar-refractivity contribution is -0.116. The summed E-state index contributed by atoms with van der Waals surface area (Å²) in [6.07, 6.45) is 1.04. The smallest absolute Gasteiger partial charge is 0.338 e. The fourth-order valence-corrected chi connectivity index (χ4v) is 4.15. The van der Waals surface area contributed by atoms with Crippen molar-refractivity contribution in [1.29, 1.82) is 0 Å². The molecule has 0 fully saturated rings. The predicted molar refractivity (Wildman–Crippen MR) is 116 cm³/mol. The van der Waals surface area contributed by atoms with Crippen LogP contribution in [0, 0.1) is 6.92 Å². The summed E-state index contributed by atoms with van der Waals surface area (Å²) in [5, 5.41) is 2.71. The average molecular weight is 435 g/mol. The molecule has 0 aliphatic heterocycles. The van der Waals surface area contributed by atoms with Gasteiger partial charge in [0.1, 0.15) is 11.8 Å². The van der Waals surface area contributed by atoms with E-state index >= 15 is 0 Å². The average Bonchev–Trinajstić information content (AvgIpc) is 2.69. The van der Waals surface area contributed by atoms with Gasteiger partial charge in [-0.2, -0.15) is 0 Å². The first kappa shape index (κ1) is 23.2. The Morgan fingerprint density at radius 1 is 1.13 bits per heavy atom. The molecule has 1 amide bonds. The van der Waals surface area contributed by atoms with Crippen molar-refractivity contribution >= 4 is 33.3 Å². The summed E-state index contributed by atoms with van der Waals surface area (Å²) in [5.41, 5.74) is 1.60. The second kappa shape index (κ2) is 9.62. The first-order valence-electron chi connectivity index (χ1n) is 9.31. The molecule has 2 aromatic rings. The first-order valence-corrected chi connectivity index (χ1v) is 11.2. The largest absolute Gasteiger partial charge is 0.497 e. The monoisotopic (exact) mass is 434 g/mol. The number of sulfonamides is 1. The highest BCUT2D eigenvalue weighted by molar-refractivity contribution is 7.92. The molecule has 0 saturated heterocycles. The number of amides is 1. The van der Waals surface area contributed by atoms with Gasteiger partial charge in [-0.05, 0) is 62.7 Å². The number of nitrogens with zero attached hydrogens (tertiary/aromatic N) is 1. The van der Waals surface area contributed by atoms with Crippen LogP contribution in [0.2, 0.25) is 0 Å². The molecule has 0 aliphatic carbocycles. The van der Waals surface area contributed by atoms with E-state index in [-0.39, 0.29) is 6.61 Å². The van der Waals surface area contributed by atoms with Gasteiger partial charge in [0.2, 0.25) is 15.9 Å². The van der Waals surface area contributed by atoms with E-state index in [9.17, 15) is 18.0 Å². The Hall–Kier alpha value is -3.07. The van der Waals surface area contributed by atoms with E-state index in [1.165, 1.54) is 14.0 Å². The number of rotatable bonds is 8. The minimum atomic E-state index is -3.76. The Morgan fingerprint density at radius 2 is 1.77 bits per heavy atom. The molecule has 1 N–H and O–H groups in total. The second-order valence-electron chi connectivity index (χ2n) is 6.62. The van der Waals surface area contributed by atoms with Crippen LogP contribution in [0.3, 0.4) is 0 Å². The molecule has 0 radical (unpaired) electrons. The second-order valence-corrected chi connectivity index (χ2v) is 8.48. The van der Waals surface area contributed by atoms with Gasteiger partial charge in [0.15, 0.2) is 0 Å². The number of nitrogens with one attached hydrogen (secondary N) is 1. The van der Waals surface area contributed by atoms with Crippen molar-refractivity contribution < 1.29 is 27.5 Å². The Morgan fingerprint density at radius 3 is 2.30 bits per heavy atom. The van der Waals surface area contributed by atoms with E-state index in [4.69, 9.17) is 9.47 Å². The number of methoxy groups -OCH3 is 1. The molecule has 162 valence electrons.